The minimum absolute atomic E-state index is 0.475. The molecule has 6 N–H and O–H groups in total. The molecule has 0 unspecified atom stereocenters. The quantitative estimate of drug-likeness (QED) is 0.748. The molecule has 0 saturated heterocycles. The van der Waals surface area contributed by atoms with Crippen molar-refractivity contribution in [3.63, 3.8) is 0 Å². The largest absolute Gasteiger partial charge is 0.492 e. The summed E-state index contributed by atoms with van der Waals surface area (Å²) in [6.07, 6.45) is 0. The number of rotatable bonds is 3. The average molecular weight is 271 g/mol. The van der Waals surface area contributed by atoms with E-state index in [2.05, 4.69) is 0 Å². The molecule has 0 saturated carbocycles. The van der Waals surface area contributed by atoms with E-state index in [1.54, 1.807) is 0 Å². The van der Waals surface area contributed by atoms with Crippen LogP contribution in [0.5, 0.6) is 5.75 Å². The summed E-state index contributed by atoms with van der Waals surface area (Å²) in [5.41, 5.74) is 24.0. The number of nitrogen functional groups attached to an aromatic ring is 3. The molecule has 106 valence electrons. The van der Waals surface area contributed by atoms with Crippen LogP contribution in [0, 0.1) is 13.8 Å². The number of ether oxygens (including phenoxy) is 1. The maximum Gasteiger partial charge on any atom is 0.144 e. The van der Waals surface area contributed by atoms with E-state index in [1.807, 2.05) is 45.0 Å². The van der Waals surface area contributed by atoms with Gasteiger partial charge in [-0.3, -0.25) is 0 Å². The first-order valence-electron chi connectivity index (χ1n) is 6.64. The molecule has 0 amide bonds. The van der Waals surface area contributed by atoms with Crippen LogP contribution >= 0.6 is 0 Å². The molecule has 4 heteroatoms. The minimum atomic E-state index is 0.475. The number of hydrogen-bond acceptors (Lipinski definition) is 4. The summed E-state index contributed by atoms with van der Waals surface area (Å²) < 4.78 is 5.45. The highest BCUT2D eigenvalue weighted by Gasteiger charge is 2.13. The zero-order valence-corrected chi connectivity index (χ0v) is 12.2. The molecule has 0 atom stereocenters. The van der Waals surface area contributed by atoms with E-state index in [-0.39, 0.29) is 0 Å². The highest BCUT2D eigenvalue weighted by molar-refractivity contribution is 5.90. The molecule has 0 aliphatic heterocycles. The standard InChI is InChI=1S/C16H21N3O/c1-4-20-13-8-7-12(15(18)16(13)19)11-6-5-9(2)14(17)10(11)3/h5-8H,4,17-19H2,1-3H3. The van der Waals surface area contributed by atoms with Crippen LogP contribution < -0.4 is 21.9 Å². The molecule has 4 nitrogen and oxygen atoms in total. The Morgan fingerprint density at radius 1 is 0.850 bits per heavy atom. The number of benzene rings is 2. The Hall–Kier alpha value is -2.36. The highest BCUT2D eigenvalue weighted by atomic mass is 16.5. The molecule has 2 rings (SSSR count). The van der Waals surface area contributed by atoms with Gasteiger partial charge in [-0.1, -0.05) is 12.1 Å². The average Bonchev–Trinajstić information content (AvgIpc) is 2.43. The first-order chi connectivity index (χ1) is 9.47. The second-order valence-electron chi connectivity index (χ2n) is 4.84. The highest BCUT2D eigenvalue weighted by Crippen LogP contribution is 2.39. The van der Waals surface area contributed by atoms with Crippen LogP contribution in [-0.4, -0.2) is 6.61 Å². The fourth-order valence-electron chi connectivity index (χ4n) is 2.29. The third kappa shape index (κ3) is 2.25. The number of aryl methyl sites for hydroxylation is 1. The van der Waals surface area contributed by atoms with Crippen molar-refractivity contribution in [1.29, 1.82) is 0 Å². The van der Waals surface area contributed by atoms with Gasteiger partial charge in [0.05, 0.1) is 18.0 Å². The Morgan fingerprint density at radius 2 is 1.50 bits per heavy atom. The molecule has 0 aliphatic carbocycles. The maximum absolute atomic E-state index is 6.16. The van der Waals surface area contributed by atoms with Crippen molar-refractivity contribution < 1.29 is 4.74 Å². The van der Waals surface area contributed by atoms with Crippen LogP contribution in [0.1, 0.15) is 18.1 Å². The van der Waals surface area contributed by atoms with Crippen molar-refractivity contribution in [2.75, 3.05) is 23.8 Å². The molecule has 20 heavy (non-hydrogen) atoms. The molecule has 0 fully saturated rings. The molecule has 0 radical (unpaired) electrons. The van der Waals surface area contributed by atoms with E-state index in [0.717, 1.165) is 27.9 Å². The summed E-state index contributed by atoms with van der Waals surface area (Å²) in [5.74, 6) is 0.617. The van der Waals surface area contributed by atoms with Crippen LogP contribution in [0.25, 0.3) is 11.1 Å². The Kier molecular flexibility index (Phi) is 3.74. The van der Waals surface area contributed by atoms with Gasteiger partial charge in [0.25, 0.3) is 0 Å². The SMILES string of the molecule is CCOc1ccc(-c2ccc(C)c(N)c2C)c(N)c1N. The minimum Gasteiger partial charge on any atom is -0.492 e. The second kappa shape index (κ2) is 5.33. The van der Waals surface area contributed by atoms with E-state index in [9.17, 15) is 0 Å². The normalized spacial score (nSPS) is 10.6. The van der Waals surface area contributed by atoms with E-state index in [0.29, 0.717) is 23.7 Å². The molecule has 0 spiro atoms. The summed E-state index contributed by atoms with van der Waals surface area (Å²) in [5, 5.41) is 0. The van der Waals surface area contributed by atoms with Crippen molar-refractivity contribution in [2.24, 2.45) is 0 Å². The lowest BCUT2D eigenvalue weighted by molar-refractivity contribution is 0.342. The van der Waals surface area contributed by atoms with Gasteiger partial charge in [-0.05, 0) is 49.6 Å². The smallest absolute Gasteiger partial charge is 0.144 e. The summed E-state index contributed by atoms with van der Waals surface area (Å²) in [4.78, 5) is 0. The van der Waals surface area contributed by atoms with Crippen molar-refractivity contribution in [3.8, 4) is 16.9 Å². The third-order valence-corrected chi connectivity index (χ3v) is 3.57. The van der Waals surface area contributed by atoms with Crippen LogP contribution in [0.3, 0.4) is 0 Å². The van der Waals surface area contributed by atoms with Crippen LogP contribution in [0.4, 0.5) is 17.1 Å². The van der Waals surface area contributed by atoms with Crippen LogP contribution in [0.15, 0.2) is 24.3 Å². The third-order valence-electron chi connectivity index (χ3n) is 3.57. The zero-order valence-electron chi connectivity index (χ0n) is 12.2. The Morgan fingerprint density at radius 3 is 2.15 bits per heavy atom. The van der Waals surface area contributed by atoms with E-state index < -0.39 is 0 Å². The lowest BCUT2D eigenvalue weighted by Crippen LogP contribution is -2.03. The molecule has 2 aromatic rings. The summed E-state index contributed by atoms with van der Waals surface area (Å²) in [7, 11) is 0. The first-order valence-corrected chi connectivity index (χ1v) is 6.64. The molecule has 0 bridgehead atoms. The fraction of sp³-hybridized carbons (Fsp3) is 0.250. The van der Waals surface area contributed by atoms with E-state index in [1.165, 1.54) is 0 Å². The van der Waals surface area contributed by atoms with Gasteiger partial charge in [0, 0.05) is 11.3 Å². The van der Waals surface area contributed by atoms with Gasteiger partial charge in [-0.25, -0.2) is 0 Å². The van der Waals surface area contributed by atoms with Crippen LogP contribution in [0.2, 0.25) is 0 Å². The van der Waals surface area contributed by atoms with Gasteiger partial charge in [-0.2, -0.15) is 0 Å². The Balaban J connectivity index is 2.60. The molecule has 0 heterocycles. The number of nitrogens with two attached hydrogens (primary N) is 3. The van der Waals surface area contributed by atoms with E-state index in [4.69, 9.17) is 21.9 Å². The predicted molar refractivity (Wildman–Crippen MR) is 85.8 cm³/mol. The molecular formula is C16H21N3O. The number of anilines is 3. The van der Waals surface area contributed by atoms with Gasteiger partial charge in [0.2, 0.25) is 0 Å². The van der Waals surface area contributed by atoms with Crippen molar-refractivity contribution >= 4 is 17.1 Å². The lowest BCUT2D eigenvalue weighted by atomic mass is 9.95. The van der Waals surface area contributed by atoms with Gasteiger partial charge in [-0.15, -0.1) is 0 Å². The van der Waals surface area contributed by atoms with Gasteiger partial charge in [0.15, 0.2) is 0 Å². The van der Waals surface area contributed by atoms with Gasteiger partial charge < -0.3 is 21.9 Å². The Labute approximate surface area is 119 Å². The summed E-state index contributed by atoms with van der Waals surface area (Å²) in [6.45, 7) is 6.44. The van der Waals surface area contributed by atoms with Crippen molar-refractivity contribution in [2.45, 2.75) is 20.8 Å². The first kappa shape index (κ1) is 14.1. The molecule has 2 aromatic carbocycles. The molecular weight excluding hydrogens is 250 g/mol. The van der Waals surface area contributed by atoms with Gasteiger partial charge in [0.1, 0.15) is 5.75 Å². The predicted octanol–water partition coefficient (Wildman–Crippen LogP) is 3.12. The van der Waals surface area contributed by atoms with Crippen LogP contribution in [-0.2, 0) is 0 Å². The Bertz CT molecular complexity index is 651. The lowest BCUT2D eigenvalue weighted by Gasteiger charge is -2.16. The van der Waals surface area contributed by atoms with Gasteiger partial charge >= 0.3 is 0 Å². The van der Waals surface area contributed by atoms with E-state index >= 15 is 0 Å². The maximum atomic E-state index is 6.16. The number of hydrogen-bond donors (Lipinski definition) is 3. The topological polar surface area (TPSA) is 87.3 Å². The molecule has 0 aromatic heterocycles. The van der Waals surface area contributed by atoms with Crippen molar-refractivity contribution in [3.05, 3.63) is 35.4 Å². The fourth-order valence-corrected chi connectivity index (χ4v) is 2.29. The second-order valence-corrected chi connectivity index (χ2v) is 4.84. The monoisotopic (exact) mass is 271 g/mol. The summed E-state index contributed by atoms with van der Waals surface area (Å²) >= 11 is 0. The molecule has 0 aliphatic rings. The summed E-state index contributed by atoms with van der Waals surface area (Å²) in [6, 6.07) is 7.78. The van der Waals surface area contributed by atoms with Crippen molar-refractivity contribution in [1.82, 2.24) is 0 Å². The zero-order chi connectivity index (χ0) is 14.9.